The number of hydrogen-bond donors (Lipinski definition) is 1. The maximum atomic E-state index is 6.52. The van der Waals surface area contributed by atoms with Crippen LogP contribution in [0.15, 0.2) is 4.52 Å². The quantitative estimate of drug-likeness (QED) is 0.854. The molecule has 16 heavy (non-hydrogen) atoms. The number of rotatable bonds is 3. The Morgan fingerprint density at radius 3 is 2.88 bits per heavy atom. The van der Waals surface area contributed by atoms with Gasteiger partial charge in [-0.15, -0.1) is 0 Å². The average Bonchev–Trinajstić information content (AvgIpc) is 2.78. The van der Waals surface area contributed by atoms with Gasteiger partial charge in [0.25, 0.3) is 0 Å². The molecule has 1 aromatic heterocycles. The van der Waals surface area contributed by atoms with Crippen molar-refractivity contribution in [1.29, 1.82) is 0 Å². The lowest BCUT2D eigenvalue weighted by atomic mass is 9.71. The summed E-state index contributed by atoms with van der Waals surface area (Å²) in [5, 5.41) is 4.07. The molecule has 0 spiro atoms. The molecule has 0 aliphatic heterocycles. The second kappa shape index (κ2) is 4.53. The first-order valence-corrected chi connectivity index (χ1v) is 6.32. The van der Waals surface area contributed by atoms with Crippen molar-refractivity contribution in [2.24, 2.45) is 11.7 Å². The van der Waals surface area contributed by atoms with E-state index in [2.05, 4.69) is 17.1 Å². The zero-order valence-electron chi connectivity index (χ0n) is 10.2. The van der Waals surface area contributed by atoms with Crippen molar-refractivity contribution in [2.45, 2.75) is 57.9 Å². The molecule has 90 valence electrons. The number of nitrogens with zero attached hydrogens (tertiary/aromatic N) is 2. The van der Waals surface area contributed by atoms with E-state index in [0.29, 0.717) is 11.8 Å². The molecule has 0 saturated heterocycles. The molecule has 1 aliphatic carbocycles. The van der Waals surface area contributed by atoms with E-state index < -0.39 is 0 Å². The van der Waals surface area contributed by atoms with Crippen LogP contribution in [0.25, 0.3) is 0 Å². The van der Waals surface area contributed by atoms with Gasteiger partial charge in [-0.2, -0.15) is 4.98 Å². The highest BCUT2D eigenvalue weighted by Gasteiger charge is 2.41. The van der Waals surface area contributed by atoms with Crippen LogP contribution in [-0.4, -0.2) is 10.1 Å². The first kappa shape index (κ1) is 11.6. The molecule has 2 atom stereocenters. The van der Waals surface area contributed by atoms with Crippen LogP contribution in [-0.2, 0) is 12.0 Å². The summed E-state index contributed by atoms with van der Waals surface area (Å²) in [6, 6.07) is 0. The van der Waals surface area contributed by atoms with E-state index in [1.807, 2.05) is 6.92 Å². The van der Waals surface area contributed by atoms with Gasteiger partial charge in [0.1, 0.15) is 0 Å². The van der Waals surface area contributed by atoms with Crippen molar-refractivity contribution in [2.75, 3.05) is 0 Å². The highest BCUT2D eigenvalue weighted by Crippen LogP contribution is 2.39. The predicted octanol–water partition coefficient (Wildman–Crippen LogP) is 2.39. The lowest BCUT2D eigenvalue weighted by molar-refractivity contribution is 0.169. The molecule has 2 N–H and O–H groups in total. The van der Waals surface area contributed by atoms with E-state index in [0.717, 1.165) is 25.1 Å². The van der Waals surface area contributed by atoms with Crippen LogP contribution in [0.1, 0.15) is 57.7 Å². The molecule has 4 nitrogen and oxygen atoms in total. The maximum absolute atomic E-state index is 6.52. The minimum atomic E-state index is -0.357. The minimum absolute atomic E-state index is 0.357. The first-order valence-electron chi connectivity index (χ1n) is 6.32. The van der Waals surface area contributed by atoms with Gasteiger partial charge < -0.3 is 10.3 Å². The molecule has 1 aromatic rings. The van der Waals surface area contributed by atoms with E-state index in [1.54, 1.807) is 0 Å². The molecular formula is C12H21N3O. The second-order valence-electron chi connectivity index (χ2n) is 4.76. The molecule has 2 rings (SSSR count). The molecule has 1 saturated carbocycles. The Hall–Kier alpha value is -0.900. The fourth-order valence-corrected chi connectivity index (χ4v) is 2.72. The molecule has 0 amide bonds. The van der Waals surface area contributed by atoms with Gasteiger partial charge in [-0.05, 0) is 18.8 Å². The van der Waals surface area contributed by atoms with Crippen LogP contribution in [0.3, 0.4) is 0 Å². The Kier molecular flexibility index (Phi) is 3.28. The largest absolute Gasteiger partial charge is 0.339 e. The van der Waals surface area contributed by atoms with E-state index in [9.17, 15) is 0 Å². The molecule has 0 aromatic carbocycles. The zero-order valence-corrected chi connectivity index (χ0v) is 10.2. The number of aromatic nitrogens is 2. The summed E-state index contributed by atoms with van der Waals surface area (Å²) in [6.45, 7) is 4.21. The Morgan fingerprint density at radius 1 is 1.44 bits per heavy atom. The topological polar surface area (TPSA) is 64.9 Å². The summed E-state index contributed by atoms with van der Waals surface area (Å²) in [5.74, 6) is 1.90. The van der Waals surface area contributed by atoms with Gasteiger partial charge >= 0.3 is 0 Å². The molecule has 1 fully saturated rings. The van der Waals surface area contributed by atoms with Gasteiger partial charge in [-0.3, -0.25) is 0 Å². The summed E-state index contributed by atoms with van der Waals surface area (Å²) in [5.41, 5.74) is 6.16. The lowest BCUT2D eigenvalue weighted by Crippen LogP contribution is -2.47. The van der Waals surface area contributed by atoms with Gasteiger partial charge in [0.15, 0.2) is 5.82 Å². The summed E-state index contributed by atoms with van der Waals surface area (Å²) in [7, 11) is 0. The van der Waals surface area contributed by atoms with Crippen LogP contribution in [0.4, 0.5) is 0 Å². The third-order valence-electron chi connectivity index (χ3n) is 3.80. The van der Waals surface area contributed by atoms with Gasteiger partial charge in [-0.1, -0.05) is 38.3 Å². The monoisotopic (exact) mass is 223 g/mol. The normalized spacial score (nSPS) is 30.6. The Bertz CT molecular complexity index is 350. The van der Waals surface area contributed by atoms with Crippen LogP contribution < -0.4 is 5.73 Å². The highest BCUT2D eigenvalue weighted by molar-refractivity contribution is 5.08. The van der Waals surface area contributed by atoms with Crippen molar-refractivity contribution < 1.29 is 4.52 Å². The fraction of sp³-hybridized carbons (Fsp3) is 0.833. The summed E-state index contributed by atoms with van der Waals surface area (Å²) in [4.78, 5) is 4.42. The van der Waals surface area contributed by atoms with Gasteiger partial charge in [-0.25, -0.2) is 0 Å². The van der Waals surface area contributed by atoms with Crippen LogP contribution in [0, 0.1) is 5.92 Å². The number of aryl methyl sites for hydroxylation is 1. The smallest absolute Gasteiger partial charge is 0.226 e. The van der Waals surface area contributed by atoms with Gasteiger partial charge in [0.2, 0.25) is 5.89 Å². The van der Waals surface area contributed by atoms with Crippen molar-refractivity contribution >= 4 is 0 Å². The number of hydrogen-bond acceptors (Lipinski definition) is 4. The maximum Gasteiger partial charge on any atom is 0.226 e. The Labute approximate surface area is 96.6 Å². The molecule has 1 aliphatic rings. The van der Waals surface area contributed by atoms with Crippen LogP contribution in [0.2, 0.25) is 0 Å². The van der Waals surface area contributed by atoms with Crippen molar-refractivity contribution in [1.82, 2.24) is 10.1 Å². The minimum Gasteiger partial charge on any atom is -0.339 e. The summed E-state index contributed by atoms with van der Waals surface area (Å²) >= 11 is 0. The molecule has 0 bridgehead atoms. The SMILES string of the molecule is CCc1nc(C2(N)CCCCC2CC)no1. The zero-order chi connectivity index (χ0) is 11.6. The molecule has 2 unspecified atom stereocenters. The Balaban J connectivity index is 2.27. The first-order chi connectivity index (χ1) is 7.70. The standard InChI is InChI=1S/C12H21N3O/c1-3-9-7-5-6-8-12(9,13)11-14-10(4-2)16-15-11/h9H,3-8,13H2,1-2H3. The van der Waals surface area contributed by atoms with Crippen molar-refractivity contribution in [3.8, 4) is 0 Å². The molecule has 0 radical (unpaired) electrons. The van der Waals surface area contributed by atoms with E-state index in [-0.39, 0.29) is 5.54 Å². The number of nitrogens with two attached hydrogens (primary N) is 1. The molecular weight excluding hydrogens is 202 g/mol. The van der Waals surface area contributed by atoms with E-state index in [4.69, 9.17) is 10.3 Å². The van der Waals surface area contributed by atoms with E-state index in [1.165, 1.54) is 19.3 Å². The second-order valence-corrected chi connectivity index (χ2v) is 4.76. The van der Waals surface area contributed by atoms with Crippen molar-refractivity contribution in [3.63, 3.8) is 0 Å². The van der Waals surface area contributed by atoms with Crippen LogP contribution in [0.5, 0.6) is 0 Å². The molecule has 1 heterocycles. The Morgan fingerprint density at radius 2 is 2.25 bits per heavy atom. The third-order valence-corrected chi connectivity index (χ3v) is 3.80. The lowest BCUT2D eigenvalue weighted by Gasteiger charge is -2.38. The van der Waals surface area contributed by atoms with Crippen molar-refractivity contribution in [3.05, 3.63) is 11.7 Å². The average molecular weight is 223 g/mol. The van der Waals surface area contributed by atoms with Gasteiger partial charge in [0, 0.05) is 6.42 Å². The highest BCUT2D eigenvalue weighted by atomic mass is 16.5. The van der Waals surface area contributed by atoms with E-state index >= 15 is 0 Å². The summed E-state index contributed by atoms with van der Waals surface area (Å²) < 4.78 is 5.18. The van der Waals surface area contributed by atoms with Gasteiger partial charge in [0.05, 0.1) is 5.54 Å². The van der Waals surface area contributed by atoms with Crippen LogP contribution >= 0.6 is 0 Å². The molecule has 4 heteroatoms. The fourth-order valence-electron chi connectivity index (χ4n) is 2.72. The predicted molar refractivity (Wildman–Crippen MR) is 61.8 cm³/mol. The third kappa shape index (κ3) is 1.86. The summed E-state index contributed by atoms with van der Waals surface area (Å²) in [6.07, 6.45) is 6.47.